The van der Waals surface area contributed by atoms with Crippen molar-refractivity contribution in [3.05, 3.63) is 0 Å². The Labute approximate surface area is 68.8 Å². The molecule has 28 valence electrons. The number of carbonyl (C=O) groups is 1. The van der Waals surface area contributed by atoms with Gasteiger partial charge in [-0.25, -0.2) is 4.79 Å². The third-order valence-electron chi connectivity index (χ3n) is 0. The van der Waals surface area contributed by atoms with Gasteiger partial charge in [-0.2, -0.15) is 0 Å². The van der Waals surface area contributed by atoms with Crippen LogP contribution in [0.1, 0.15) is 2.85 Å². The molecular formula is CH4O3Sr. The number of rotatable bonds is 0. The summed E-state index contributed by atoms with van der Waals surface area (Å²) in [6, 6.07) is 0. The van der Waals surface area contributed by atoms with Crippen molar-refractivity contribution < 1.29 is 17.9 Å². The second kappa shape index (κ2) is 4.75. The van der Waals surface area contributed by atoms with Gasteiger partial charge in [0.2, 0.25) is 0 Å². The summed E-state index contributed by atoms with van der Waals surface area (Å²) in [7, 11) is 0. The van der Waals surface area contributed by atoms with Gasteiger partial charge in [0.25, 0.3) is 0 Å². The summed E-state index contributed by atoms with van der Waals surface area (Å²) in [6.07, 6.45) is -1.83. The van der Waals surface area contributed by atoms with Crippen LogP contribution in [0.15, 0.2) is 0 Å². The molecule has 0 aliphatic carbocycles. The Morgan fingerprint density at radius 2 is 1.60 bits per heavy atom. The van der Waals surface area contributed by atoms with Gasteiger partial charge in [-0.1, -0.05) is 0 Å². The van der Waals surface area contributed by atoms with Crippen LogP contribution in [-0.4, -0.2) is 61.9 Å². The van der Waals surface area contributed by atoms with E-state index in [1.165, 1.54) is 0 Å². The van der Waals surface area contributed by atoms with Crippen molar-refractivity contribution in [2.24, 2.45) is 0 Å². The SMILES string of the molecule is O=C(O)O.[H-].[H-].[Sr+2]. The van der Waals surface area contributed by atoms with Crippen LogP contribution in [0.5, 0.6) is 0 Å². The summed E-state index contributed by atoms with van der Waals surface area (Å²) >= 11 is 0. The van der Waals surface area contributed by atoms with Crippen LogP contribution >= 0.6 is 0 Å². The fourth-order valence-corrected chi connectivity index (χ4v) is 0. The second-order valence-corrected chi connectivity index (χ2v) is 0.283. The molecule has 2 N–H and O–H groups in total. The van der Waals surface area contributed by atoms with Crippen LogP contribution in [0.2, 0.25) is 0 Å². The van der Waals surface area contributed by atoms with E-state index in [9.17, 15) is 0 Å². The van der Waals surface area contributed by atoms with Crippen molar-refractivity contribution in [3.63, 3.8) is 0 Å². The van der Waals surface area contributed by atoms with Crippen molar-refractivity contribution in [2.75, 3.05) is 0 Å². The van der Waals surface area contributed by atoms with Gasteiger partial charge >= 0.3 is 51.6 Å². The van der Waals surface area contributed by atoms with Crippen LogP contribution in [0, 0.1) is 0 Å². The first-order chi connectivity index (χ1) is 1.73. The van der Waals surface area contributed by atoms with Crippen LogP contribution in [0.4, 0.5) is 4.79 Å². The minimum Gasteiger partial charge on any atom is -1.00 e. The van der Waals surface area contributed by atoms with Gasteiger partial charge in [-0.15, -0.1) is 0 Å². The quantitative estimate of drug-likeness (QED) is 0.482. The molecule has 0 spiro atoms. The van der Waals surface area contributed by atoms with Crippen LogP contribution < -0.4 is 0 Å². The molecule has 0 aromatic rings. The average Bonchev–Trinajstić information content (AvgIpc) is 0.811. The van der Waals surface area contributed by atoms with E-state index in [4.69, 9.17) is 15.0 Å². The van der Waals surface area contributed by atoms with E-state index in [2.05, 4.69) is 0 Å². The van der Waals surface area contributed by atoms with E-state index in [-0.39, 0.29) is 48.3 Å². The molecule has 5 heavy (non-hydrogen) atoms. The molecule has 0 aliphatic rings. The minimum absolute atomic E-state index is 0. The van der Waals surface area contributed by atoms with Gasteiger partial charge in [-0.05, 0) is 0 Å². The first-order valence-corrected chi connectivity index (χ1v) is 0.651. The molecule has 0 atom stereocenters. The topological polar surface area (TPSA) is 57.5 Å². The molecule has 0 bridgehead atoms. The molecule has 0 aromatic heterocycles. The number of hydrogen-bond acceptors (Lipinski definition) is 1. The summed E-state index contributed by atoms with van der Waals surface area (Å²) in [5, 5.41) is 13.9. The Morgan fingerprint density at radius 1 is 1.60 bits per heavy atom. The van der Waals surface area contributed by atoms with Crippen molar-refractivity contribution >= 4 is 51.6 Å². The molecule has 0 fully saturated rings. The second-order valence-electron chi connectivity index (χ2n) is 0.283. The van der Waals surface area contributed by atoms with Crippen molar-refractivity contribution in [2.45, 2.75) is 0 Å². The van der Waals surface area contributed by atoms with Crippen LogP contribution in [0.3, 0.4) is 0 Å². The van der Waals surface area contributed by atoms with Crippen molar-refractivity contribution in [1.29, 1.82) is 0 Å². The molecular weight excluding hydrogens is 148 g/mol. The molecule has 0 amide bonds. The molecule has 0 saturated carbocycles. The molecule has 0 heterocycles. The minimum atomic E-state index is -1.83. The van der Waals surface area contributed by atoms with Crippen LogP contribution in [-0.2, 0) is 0 Å². The van der Waals surface area contributed by atoms with Gasteiger partial charge < -0.3 is 13.1 Å². The first-order valence-electron chi connectivity index (χ1n) is 0.651. The molecule has 0 rings (SSSR count). The molecule has 4 heteroatoms. The van der Waals surface area contributed by atoms with E-state index in [1.54, 1.807) is 0 Å². The van der Waals surface area contributed by atoms with Gasteiger partial charge in [-0.3, -0.25) is 0 Å². The van der Waals surface area contributed by atoms with E-state index < -0.39 is 6.16 Å². The molecule has 0 aliphatic heterocycles. The third kappa shape index (κ3) is 63.8. The van der Waals surface area contributed by atoms with Gasteiger partial charge in [0.1, 0.15) is 0 Å². The van der Waals surface area contributed by atoms with Gasteiger partial charge in [0.15, 0.2) is 0 Å². The fraction of sp³-hybridized carbons (Fsp3) is 0. The standard InChI is InChI=1S/CH2O3.Sr.2H/c2-1(3)4;;;/h(H2,2,3,4);;;/q;+2;2*-1. The Kier molecular flexibility index (Phi) is 8.77. The normalized spacial score (nSPS) is 4.80. The molecule has 0 radical (unpaired) electrons. The molecule has 0 unspecified atom stereocenters. The van der Waals surface area contributed by atoms with E-state index in [1.807, 2.05) is 0 Å². The summed E-state index contributed by atoms with van der Waals surface area (Å²) in [5.41, 5.74) is 0. The Morgan fingerprint density at radius 3 is 1.60 bits per heavy atom. The van der Waals surface area contributed by atoms with E-state index >= 15 is 0 Å². The van der Waals surface area contributed by atoms with Gasteiger partial charge in [0, 0.05) is 0 Å². The maximum atomic E-state index is 8.56. The Hall–Kier alpha value is 0.751. The Bertz CT molecular complexity index is 35.9. The van der Waals surface area contributed by atoms with E-state index in [0.717, 1.165) is 0 Å². The molecule has 0 saturated heterocycles. The van der Waals surface area contributed by atoms with Crippen molar-refractivity contribution in [1.82, 2.24) is 0 Å². The third-order valence-corrected chi connectivity index (χ3v) is 0. The number of carboxylic acid groups (broad SMARTS) is 2. The van der Waals surface area contributed by atoms with Gasteiger partial charge in [0.05, 0.1) is 0 Å². The molecule has 3 nitrogen and oxygen atoms in total. The molecule has 0 aromatic carbocycles. The van der Waals surface area contributed by atoms with Crippen LogP contribution in [0.25, 0.3) is 0 Å². The monoisotopic (exact) mass is 152 g/mol. The predicted octanol–water partition coefficient (Wildman–Crippen LogP) is 0.0666. The van der Waals surface area contributed by atoms with Crippen molar-refractivity contribution in [3.8, 4) is 0 Å². The Balaban J connectivity index is -0.0000000150. The zero-order chi connectivity index (χ0) is 3.58. The maximum absolute atomic E-state index is 8.56. The summed E-state index contributed by atoms with van der Waals surface area (Å²) in [4.78, 5) is 8.56. The zero-order valence-corrected chi connectivity index (χ0v) is 5.99. The largest absolute Gasteiger partial charge is 2.00 e. The first kappa shape index (κ1) is 9.23. The maximum Gasteiger partial charge on any atom is 2.00 e. The zero-order valence-electron chi connectivity index (χ0n) is 4.51. The smallest absolute Gasteiger partial charge is 1.00 e. The summed E-state index contributed by atoms with van der Waals surface area (Å²) in [6.45, 7) is 0. The summed E-state index contributed by atoms with van der Waals surface area (Å²) < 4.78 is 0. The average molecular weight is 152 g/mol. The summed E-state index contributed by atoms with van der Waals surface area (Å²) in [5.74, 6) is 0. The van der Waals surface area contributed by atoms with E-state index in [0.29, 0.717) is 0 Å². The predicted molar refractivity (Wildman–Crippen MR) is 18.6 cm³/mol. The number of hydrogen-bond donors (Lipinski definition) is 2. The fourth-order valence-electron chi connectivity index (χ4n) is 0.